The van der Waals surface area contributed by atoms with E-state index in [9.17, 15) is 28.3 Å². The topological polar surface area (TPSA) is 114 Å². The van der Waals surface area contributed by atoms with Crippen LogP contribution in [0.1, 0.15) is 37.7 Å². The maximum Gasteiger partial charge on any atom is 0.409 e. The SMILES string of the molecule is N#Cc1c(NC(=O)O)sc2c(F)ccc(-c3c(F)c4c5c(c3Cl)=NCN(C#CC3CC3)C=5N(CC(F)F)C=C(OC[C@@]35CCCN3C[C@H](F)C5)O4)c12. The number of anilines is 1. The molecule has 0 spiro atoms. The average Bonchev–Trinajstić information content (AvgIpc) is 3.67. The van der Waals surface area contributed by atoms with Gasteiger partial charge in [-0.25, -0.2) is 26.7 Å². The second-order valence-electron chi connectivity index (χ2n) is 13.2. The largest absolute Gasteiger partial charge is 0.465 e. The minimum absolute atomic E-state index is 0.0233. The molecule has 3 fully saturated rings. The molecule has 10 nitrogen and oxygen atoms in total. The van der Waals surface area contributed by atoms with Crippen molar-refractivity contribution in [2.24, 2.45) is 10.9 Å². The summed E-state index contributed by atoms with van der Waals surface area (Å²) in [6, 6.07) is 7.10. The minimum atomic E-state index is -2.87. The third-order valence-electron chi connectivity index (χ3n) is 9.85. The normalized spacial score (nSPS) is 22.2. The number of hydrogen-bond acceptors (Lipinski definition) is 9. The van der Waals surface area contributed by atoms with Gasteiger partial charge in [0.05, 0.1) is 44.1 Å². The number of nitrogens with one attached hydrogen (secondary N) is 1. The van der Waals surface area contributed by atoms with Crippen LogP contribution in [0.25, 0.3) is 27.0 Å². The van der Waals surface area contributed by atoms with E-state index in [4.69, 9.17) is 21.1 Å². The Morgan fingerprint density at radius 2 is 2.12 bits per heavy atom. The smallest absolute Gasteiger partial charge is 0.409 e. The van der Waals surface area contributed by atoms with Crippen molar-refractivity contribution in [2.45, 2.75) is 50.2 Å². The zero-order valence-electron chi connectivity index (χ0n) is 27.1. The number of ether oxygens (including phenoxy) is 2. The Labute approximate surface area is 301 Å². The van der Waals surface area contributed by atoms with E-state index in [1.807, 2.05) is 11.0 Å². The molecule has 5 aliphatic rings. The highest BCUT2D eigenvalue weighted by atomic mass is 35.5. The molecule has 0 bridgehead atoms. The van der Waals surface area contributed by atoms with Crippen molar-refractivity contribution in [1.29, 1.82) is 5.26 Å². The van der Waals surface area contributed by atoms with Gasteiger partial charge in [0.15, 0.2) is 11.6 Å². The highest BCUT2D eigenvalue weighted by Crippen LogP contribution is 2.46. The Morgan fingerprint density at radius 1 is 1.31 bits per heavy atom. The molecule has 52 heavy (non-hydrogen) atoms. The number of alkyl halides is 3. The number of nitrogens with zero attached hydrogens (tertiary/aromatic N) is 5. The van der Waals surface area contributed by atoms with Gasteiger partial charge in [0.1, 0.15) is 42.2 Å². The van der Waals surface area contributed by atoms with Crippen LogP contribution in [0.4, 0.5) is 31.7 Å². The van der Waals surface area contributed by atoms with Gasteiger partial charge in [0.25, 0.3) is 6.43 Å². The van der Waals surface area contributed by atoms with Gasteiger partial charge < -0.3 is 19.5 Å². The summed E-state index contributed by atoms with van der Waals surface area (Å²) in [5, 5.41) is 20.8. The highest BCUT2D eigenvalue weighted by molar-refractivity contribution is 7.23. The molecule has 1 amide bonds. The Morgan fingerprint density at radius 3 is 2.85 bits per heavy atom. The Hall–Kier alpha value is -4.77. The van der Waals surface area contributed by atoms with Crippen LogP contribution in [0.2, 0.25) is 5.02 Å². The molecule has 2 atom stereocenters. The molecule has 4 aliphatic heterocycles. The summed E-state index contributed by atoms with van der Waals surface area (Å²) in [5.74, 6) is 0.479. The quantitative estimate of drug-likeness (QED) is 0.218. The fraction of sp³-hybridized carbons (Fsp3) is 0.400. The van der Waals surface area contributed by atoms with Crippen LogP contribution < -0.4 is 20.6 Å². The number of benzene rings is 2. The zero-order chi connectivity index (χ0) is 36.5. The molecule has 2 aromatic carbocycles. The molecule has 1 aromatic heterocycles. The van der Waals surface area contributed by atoms with Gasteiger partial charge >= 0.3 is 12.0 Å². The lowest BCUT2D eigenvalue weighted by atomic mass is 9.95. The van der Waals surface area contributed by atoms with E-state index < -0.39 is 48.2 Å². The van der Waals surface area contributed by atoms with Crippen molar-refractivity contribution >= 4 is 49.9 Å². The fourth-order valence-electron chi connectivity index (χ4n) is 7.47. The zero-order valence-corrected chi connectivity index (χ0v) is 28.7. The molecule has 2 N–H and O–H groups in total. The van der Waals surface area contributed by atoms with Crippen molar-refractivity contribution in [3.05, 3.63) is 57.1 Å². The summed E-state index contributed by atoms with van der Waals surface area (Å²) >= 11 is 7.61. The molecule has 17 heteroatoms. The molecular formula is C35H28ClF5N6O4S. The van der Waals surface area contributed by atoms with Crippen LogP contribution in [0.5, 0.6) is 5.75 Å². The number of carbonyl (C=O) groups is 1. The van der Waals surface area contributed by atoms with E-state index in [2.05, 4.69) is 22.3 Å². The first-order valence-corrected chi connectivity index (χ1v) is 17.7. The number of rotatable bonds is 7. The van der Waals surface area contributed by atoms with Gasteiger partial charge in [-0.05, 0) is 43.9 Å². The molecule has 0 radical (unpaired) electrons. The number of carboxylic acid groups (broad SMARTS) is 1. The van der Waals surface area contributed by atoms with Crippen LogP contribution in [0.15, 0.2) is 29.3 Å². The molecule has 3 aromatic rings. The van der Waals surface area contributed by atoms with Gasteiger partial charge in [-0.1, -0.05) is 23.6 Å². The predicted octanol–water partition coefficient (Wildman–Crippen LogP) is 6.14. The third-order valence-corrected chi connectivity index (χ3v) is 11.3. The molecule has 8 rings (SSSR count). The van der Waals surface area contributed by atoms with Crippen molar-refractivity contribution in [2.75, 3.05) is 38.2 Å². The van der Waals surface area contributed by atoms with Crippen molar-refractivity contribution in [3.8, 4) is 34.9 Å². The fourth-order valence-corrected chi connectivity index (χ4v) is 8.88. The Balaban J connectivity index is 1.35. The third kappa shape index (κ3) is 5.83. The van der Waals surface area contributed by atoms with Gasteiger partial charge in [-0.15, -0.1) is 11.3 Å². The van der Waals surface area contributed by atoms with Crippen LogP contribution in [0.3, 0.4) is 0 Å². The van der Waals surface area contributed by atoms with E-state index in [1.165, 1.54) is 17.2 Å². The summed E-state index contributed by atoms with van der Waals surface area (Å²) in [5.41, 5.74) is -1.35. The Bertz CT molecular complexity index is 2300. The van der Waals surface area contributed by atoms with Gasteiger partial charge in [-0.3, -0.25) is 20.1 Å². The lowest BCUT2D eigenvalue weighted by Gasteiger charge is -2.32. The lowest BCUT2D eigenvalue weighted by molar-refractivity contribution is 0.0246. The molecule has 270 valence electrons. The molecular weight excluding hydrogens is 731 g/mol. The number of amides is 1. The van der Waals surface area contributed by atoms with E-state index in [0.717, 1.165) is 30.2 Å². The number of hydrogen-bond donors (Lipinski definition) is 2. The molecule has 5 heterocycles. The van der Waals surface area contributed by atoms with Gasteiger partial charge in [0.2, 0.25) is 0 Å². The average molecular weight is 759 g/mol. The molecule has 0 unspecified atom stereocenters. The summed E-state index contributed by atoms with van der Waals surface area (Å²) in [4.78, 5) is 20.7. The Kier molecular flexibility index (Phi) is 8.59. The van der Waals surface area contributed by atoms with Crippen LogP contribution >= 0.6 is 22.9 Å². The van der Waals surface area contributed by atoms with E-state index >= 15 is 8.78 Å². The second kappa shape index (κ2) is 13.0. The van der Waals surface area contributed by atoms with Crippen LogP contribution in [-0.2, 0) is 4.74 Å². The number of fused-ring (bicyclic) bond motifs is 2. The molecule has 2 saturated heterocycles. The van der Waals surface area contributed by atoms with E-state index in [-0.39, 0.29) is 91.3 Å². The first-order valence-electron chi connectivity index (χ1n) is 16.5. The highest BCUT2D eigenvalue weighted by Gasteiger charge is 2.49. The van der Waals surface area contributed by atoms with E-state index in [1.54, 1.807) is 0 Å². The first kappa shape index (κ1) is 34.3. The number of thiophene rings is 1. The monoisotopic (exact) mass is 758 g/mol. The van der Waals surface area contributed by atoms with Crippen molar-refractivity contribution in [3.63, 3.8) is 0 Å². The van der Waals surface area contributed by atoms with Gasteiger partial charge in [-0.2, -0.15) is 5.26 Å². The first-order chi connectivity index (χ1) is 25.0. The van der Waals surface area contributed by atoms with Crippen molar-refractivity contribution < 1.29 is 41.3 Å². The van der Waals surface area contributed by atoms with E-state index in [0.29, 0.717) is 24.3 Å². The maximum absolute atomic E-state index is 17.4. The maximum atomic E-state index is 17.4. The minimum Gasteiger partial charge on any atom is -0.465 e. The standard InChI is InChI=1S/C35H28ClF5N6O4S/c36-27-25(19-4-5-21(38)31-24(19)20(11-42)32(52-31)44-34(48)49)28(41)30-26-29(27)43-16-45(9-6-17-2-3-17)33(26)46(13-22(39)40)14-23(51-30)50-15-35-7-1-8-47(35)12-18(37)10-35/h4-5,14,17-18,22,44H,1-3,7-8,10,12-13,15-16H2,(H,48,49)/t18-,35+/m1/s1. The molecule has 1 saturated carbocycles. The lowest BCUT2D eigenvalue weighted by Crippen LogP contribution is -2.46. The summed E-state index contributed by atoms with van der Waals surface area (Å²) in [7, 11) is 0. The number of nitriles is 1. The van der Waals surface area contributed by atoms with Crippen LogP contribution in [0, 0.1) is 40.8 Å². The second-order valence-corrected chi connectivity index (χ2v) is 14.6. The number of halogens is 6. The van der Waals surface area contributed by atoms with Crippen LogP contribution in [-0.4, -0.2) is 76.9 Å². The summed E-state index contributed by atoms with van der Waals surface area (Å²) in [6.45, 7) is -0.203. The summed E-state index contributed by atoms with van der Waals surface area (Å²) in [6.07, 6.45) is -0.840. The molecule has 1 aliphatic carbocycles. The predicted molar refractivity (Wildman–Crippen MR) is 180 cm³/mol. The van der Waals surface area contributed by atoms with Gasteiger partial charge in [0, 0.05) is 35.9 Å². The van der Waals surface area contributed by atoms with Crippen molar-refractivity contribution in [1.82, 2.24) is 14.7 Å². The summed E-state index contributed by atoms with van der Waals surface area (Å²) < 4.78 is 87.9.